The number of rotatable bonds is 6. The highest BCUT2D eigenvalue weighted by atomic mass is 35.5. The normalized spacial score (nSPS) is 14.9. The van der Waals surface area contributed by atoms with Crippen molar-refractivity contribution in [1.29, 1.82) is 0 Å². The van der Waals surface area contributed by atoms with E-state index in [0.717, 1.165) is 5.56 Å². The quantitative estimate of drug-likeness (QED) is 0.435. The van der Waals surface area contributed by atoms with Crippen LogP contribution in [0.25, 0.3) is 0 Å². The van der Waals surface area contributed by atoms with Crippen LogP contribution in [0.1, 0.15) is 16.7 Å². The lowest BCUT2D eigenvalue weighted by Gasteiger charge is -2.22. The van der Waals surface area contributed by atoms with Crippen molar-refractivity contribution in [2.75, 3.05) is 26.2 Å². The summed E-state index contributed by atoms with van der Waals surface area (Å²) in [4.78, 5) is 19.7. The van der Waals surface area contributed by atoms with Crippen LogP contribution in [0.15, 0.2) is 65.7 Å². The van der Waals surface area contributed by atoms with Gasteiger partial charge in [0.25, 0.3) is 5.91 Å². The molecule has 0 aromatic heterocycles. The number of fused-ring (bicyclic) bond motifs is 1. The van der Waals surface area contributed by atoms with E-state index >= 15 is 0 Å². The standard InChI is InChI=1S/C26H24Cl2N4O3S/c1-32-20-10-9-16(27)13-18(20)23(17-6-4-5-7-19(17)28)30-24(25(32)33)31-26(36)29-14-15-8-11-21(34-2)22(12-15)35-3/h4-13,24H,14H2,1-3H3,(H2,29,31,36). The highest BCUT2D eigenvalue weighted by Crippen LogP contribution is 2.32. The Kier molecular flexibility index (Phi) is 7.98. The number of amides is 1. The van der Waals surface area contributed by atoms with E-state index in [1.165, 1.54) is 4.90 Å². The van der Waals surface area contributed by atoms with Crippen LogP contribution in [-0.2, 0) is 11.3 Å². The van der Waals surface area contributed by atoms with Gasteiger partial charge in [0.1, 0.15) is 0 Å². The van der Waals surface area contributed by atoms with E-state index in [-0.39, 0.29) is 11.0 Å². The predicted octanol–water partition coefficient (Wildman–Crippen LogP) is 4.81. The maximum atomic E-state index is 13.4. The highest BCUT2D eigenvalue weighted by molar-refractivity contribution is 7.80. The maximum Gasteiger partial charge on any atom is 0.272 e. The van der Waals surface area contributed by atoms with E-state index in [2.05, 4.69) is 10.6 Å². The molecule has 1 amide bonds. The van der Waals surface area contributed by atoms with Crippen LogP contribution in [0.4, 0.5) is 5.69 Å². The third kappa shape index (κ3) is 5.41. The summed E-state index contributed by atoms with van der Waals surface area (Å²) in [5.74, 6) is 0.965. The predicted molar refractivity (Wildman–Crippen MR) is 148 cm³/mol. The van der Waals surface area contributed by atoms with Crippen LogP contribution in [-0.4, -0.2) is 44.2 Å². The maximum absolute atomic E-state index is 13.4. The van der Waals surface area contributed by atoms with Gasteiger partial charge in [-0.05, 0) is 54.2 Å². The van der Waals surface area contributed by atoms with Gasteiger partial charge in [-0.25, -0.2) is 4.99 Å². The zero-order valence-corrected chi connectivity index (χ0v) is 22.2. The molecular weight excluding hydrogens is 519 g/mol. The molecule has 1 unspecified atom stereocenters. The van der Waals surface area contributed by atoms with Gasteiger partial charge in [0, 0.05) is 34.8 Å². The van der Waals surface area contributed by atoms with Crippen molar-refractivity contribution in [3.05, 3.63) is 87.4 Å². The molecule has 186 valence electrons. The van der Waals surface area contributed by atoms with Crippen LogP contribution in [0.5, 0.6) is 11.5 Å². The zero-order valence-electron chi connectivity index (χ0n) is 19.8. The number of hydrogen-bond donors (Lipinski definition) is 2. The Morgan fingerprint density at radius 2 is 1.78 bits per heavy atom. The number of nitrogens with zero attached hydrogens (tertiary/aromatic N) is 2. The molecule has 0 saturated carbocycles. The molecule has 0 radical (unpaired) electrons. The molecule has 1 aliphatic rings. The first-order chi connectivity index (χ1) is 17.3. The molecule has 0 saturated heterocycles. The van der Waals surface area contributed by atoms with E-state index < -0.39 is 6.17 Å². The summed E-state index contributed by atoms with van der Waals surface area (Å²) in [6, 6.07) is 18.2. The summed E-state index contributed by atoms with van der Waals surface area (Å²) in [6.45, 7) is 0.403. The number of nitrogens with one attached hydrogen (secondary N) is 2. The average molecular weight is 543 g/mol. The van der Waals surface area contributed by atoms with Crippen LogP contribution >= 0.6 is 35.4 Å². The van der Waals surface area contributed by atoms with Gasteiger partial charge in [-0.3, -0.25) is 4.79 Å². The molecule has 0 fully saturated rings. The van der Waals surface area contributed by atoms with Gasteiger partial charge in [0.15, 0.2) is 16.6 Å². The molecule has 0 spiro atoms. The van der Waals surface area contributed by atoms with Crippen molar-refractivity contribution in [2.24, 2.45) is 4.99 Å². The second-order valence-electron chi connectivity index (χ2n) is 7.94. The molecule has 1 heterocycles. The SMILES string of the molecule is COc1ccc(CNC(=S)NC2N=C(c3ccccc3Cl)c3cc(Cl)ccc3N(C)C2=O)cc1OC. The third-order valence-electron chi connectivity index (χ3n) is 5.70. The molecule has 7 nitrogen and oxygen atoms in total. The topological polar surface area (TPSA) is 75.2 Å². The van der Waals surface area contributed by atoms with E-state index in [1.807, 2.05) is 36.4 Å². The van der Waals surface area contributed by atoms with E-state index in [9.17, 15) is 4.79 Å². The lowest BCUT2D eigenvalue weighted by Crippen LogP contribution is -2.49. The number of carbonyl (C=O) groups excluding carboxylic acids is 1. The van der Waals surface area contributed by atoms with Crippen LogP contribution in [0.3, 0.4) is 0 Å². The minimum Gasteiger partial charge on any atom is -0.493 e. The Hall–Kier alpha value is -3.33. The number of anilines is 1. The number of benzodiazepines with no additional fused rings is 1. The third-order valence-corrected chi connectivity index (χ3v) is 6.52. The fourth-order valence-corrected chi connectivity index (χ4v) is 4.44. The van der Waals surface area contributed by atoms with Crippen molar-refractivity contribution < 1.29 is 14.3 Å². The van der Waals surface area contributed by atoms with Crippen molar-refractivity contribution in [2.45, 2.75) is 12.7 Å². The molecule has 36 heavy (non-hydrogen) atoms. The van der Waals surface area contributed by atoms with Gasteiger partial charge in [0.2, 0.25) is 6.17 Å². The number of benzene rings is 3. The number of halogens is 2. The molecule has 4 rings (SSSR count). The largest absolute Gasteiger partial charge is 0.493 e. The summed E-state index contributed by atoms with van der Waals surface area (Å²) in [6.07, 6.45) is -0.988. The zero-order chi connectivity index (χ0) is 25.8. The number of hydrogen-bond acceptors (Lipinski definition) is 5. The smallest absolute Gasteiger partial charge is 0.272 e. The molecule has 3 aromatic rings. The number of ether oxygens (including phenoxy) is 2. The first-order valence-corrected chi connectivity index (χ1v) is 12.1. The minimum absolute atomic E-state index is 0.266. The summed E-state index contributed by atoms with van der Waals surface area (Å²) in [7, 11) is 4.85. The Bertz CT molecular complexity index is 1350. The molecule has 1 aliphatic heterocycles. The van der Waals surface area contributed by atoms with Gasteiger partial charge in [-0.2, -0.15) is 0 Å². The average Bonchev–Trinajstić information content (AvgIpc) is 2.98. The van der Waals surface area contributed by atoms with Gasteiger partial charge >= 0.3 is 0 Å². The van der Waals surface area contributed by atoms with Crippen molar-refractivity contribution in [3.8, 4) is 11.5 Å². The fourth-order valence-electron chi connectivity index (χ4n) is 3.86. The summed E-state index contributed by atoms with van der Waals surface area (Å²) < 4.78 is 10.6. The number of likely N-dealkylation sites (N-methyl/N-ethyl adjacent to an activating group) is 1. The number of thiocarbonyl (C=S) groups is 1. The lowest BCUT2D eigenvalue weighted by molar-refractivity contribution is -0.119. The lowest BCUT2D eigenvalue weighted by atomic mass is 10.00. The van der Waals surface area contributed by atoms with E-state index in [1.54, 1.807) is 45.5 Å². The monoisotopic (exact) mass is 542 g/mol. The Balaban J connectivity index is 1.62. The minimum atomic E-state index is -0.988. The molecule has 3 aromatic carbocycles. The second-order valence-corrected chi connectivity index (χ2v) is 9.19. The van der Waals surface area contributed by atoms with Crippen molar-refractivity contribution >= 4 is 57.8 Å². The van der Waals surface area contributed by atoms with Crippen LogP contribution < -0.4 is 25.0 Å². The van der Waals surface area contributed by atoms with Gasteiger partial charge in [0.05, 0.1) is 25.6 Å². The van der Waals surface area contributed by atoms with Crippen LogP contribution in [0, 0.1) is 0 Å². The van der Waals surface area contributed by atoms with Gasteiger partial charge < -0.3 is 25.0 Å². The first-order valence-electron chi connectivity index (χ1n) is 11.0. The summed E-state index contributed by atoms with van der Waals surface area (Å²) >= 11 is 18.3. The number of aliphatic imine (C=N–C) groups is 1. The molecule has 0 bridgehead atoms. The fraction of sp³-hybridized carbons (Fsp3) is 0.192. The molecule has 1 atom stereocenters. The summed E-state index contributed by atoms with van der Waals surface area (Å²) in [5, 5.41) is 7.46. The highest BCUT2D eigenvalue weighted by Gasteiger charge is 2.31. The Morgan fingerprint density at radius 3 is 2.50 bits per heavy atom. The number of methoxy groups -OCH3 is 2. The molecular formula is C26H24Cl2N4O3S. The molecule has 2 N–H and O–H groups in total. The van der Waals surface area contributed by atoms with E-state index in [4.69, 9.17) is 49.9 Å². The first kappa shape index (κ1) is 25.8. The molecule has 0 aliphatic carbocycles. The Labute approximate surface area is 225 Å². The summed E-state index contributed by atoms with van der Waals surface area (Å²) in [5.41, 5.74) is 3.50. The second kappa shape index (κ2) is 11.2. The number of carbonyl (C=O) groups is 1. The van der Waals surface area contributed by atoms with Gasteiger partial charge in [-0.1, -0.05) is 47.5 Å². The van der Waals surface area contributed by atoms with E-state index in [0.29, 0.717) is 50.6 Å². The van der Waals surface area contributed by atoms with Crippen LogP contribution in [0.2, 0.25) is 10.0 Å². The van der Waals surface area contributed by atoms with Crippen molar-refractivity contribution in [3.63, 3.8) is 0 Å². The van der Waals surface area contributed by atoms with Crippen molar-refractivity contribution in [1.82, 2.24) is 10.6 Å². The molecule has 10 heteroatoms. The van der Waals surface area contributed by atoms with Gasteiger partial charge in [-0.15, -0.1) is 0 Å². The Morgan fingerprint density at radius 1 is 1.03 bits per heavy atom.